The number of anilines is 1. The van der Waals surface area contributed by atoms with E-state index in [4.69, 9.17) is 27.9 Å². The van der Waals surface area contributed by atoms with Crippen LogP contribution in [0.5, 0.6) is 11.5 Å². The van der Waals surface area contributed by atoms with Gasteiger partial charge in [-0.2, -0.15) is 13.2 Å². The topological polar surface area (TPSA) is 38.3 Å². The number of nitrogens with one attached hydrogen (secondary N) is 1. The molecular formula is C15H10Cl2F3NO2. The molecule has 1 N–H and O–H groups in total. The van der Waals surface area contributed by atoms with E-state index in [1.807, 2.05) is 0 Å². The molecule has 0 fully saturated rings. The van der Waals surface area contributed by atoms with Crippen LogP contribution in [-0.4, -0.2) is 12.1 Å². The Bertz CT molecular complexity index is 731. The van der Waals surface area contributed by atoms with E-state index < -0.39 is 12.1 Å². The molecule has 3 nitrogen and oxygen atoms in total. The van der Waals surface area contributed by atoms with Crippen LogP contribution in [0, 0.1) is 6.92 Å². The van der Waals surface area contributed by atoms with Crippen LogP contribution in [-0.2, 0) is 4.79 Å². The highest BCUT2D eigenvalue weighted by Crippen LogP contribution is 2.35. The van der Waals surface area contributed by atoms with Crippen molar-refractivity contribution in [1.82, 2.24) is 0 Å². The second kappa shape index (κ2) is 6.68. The molecule has 2 aromatic carbocycles. The minimum atomic E-state index is -4.97. The first-order chi connectivity index (χ1) is 10.7. The van der Waals surface area contributed by atoms with Gasteiger partial charge in [0.05, 0.1) is 5.02 Å². The van der Waals surface area contributed by atoms with Crippen molar-refractivity contribution in [3.05, 3.63) is 52.0 Å². The molecule has 2 rings (SSSR count). The summed E-state index contributed by atoms with van der Waals surface area (Å²) in [6.45, 7) is 1.52. The van der Waals surface area contributed by atoms with Gasteiger partial charge in [0, 0.05) is 10.7 Å². The zero-order valence-electron chi connectivity index (χ0n) is 11.7. The second-order valence-electron chi connectivity index (χ2n) is 4.61. The van der Waals surface area contributed by atoms with Crippen LogP contribution in [0.3, 0.4) is 0 Å². The number of carbonyl (C=O) groups is 1. The van der Waals surface area contributed by atoms with Gasteiger partial charge in [-0.3, -0.25) is 4.79 Å². The van der Waals surface area contributed by atoms with Crippen LogP contribution in [0.2, 0.25) is 10.0 Å². The van der Waals surface area contributed by atoms with Crippen molar-refractivity contribution >= 4 is 34.8 Å². The number of hydrogen-bond acceptors (Lipinski definition) is 2. The van der Waals surface area contributed by atoms with Crippen molar-refractivity contribution in [3.63, 3.8) is 0 Å². The van der Waals surface area contributed by atoms with Gasteiger partial charge in [0.25, 0.3) is 0 Å². The fraction of sp³-hybridized carbons (Fsp3) is 0.133. The number of aryl methyl sites for hydroxylation is 1. The molecule has 8 heteroatoms. The maximum Gasteiger partial charge on any atom is 0.471 e. The Morgan fingerprint density at radius 2 is 1.74 bits per heavy atom. The molecule has 0 atom stereocenters. The molecule has 0 unspecified atom stereocenters. The molecule has 0 saturated carbocycles. The third-order valence-electron chi connectivity index (χ3n) is 2.83. The summed E-state index contributed by atoms with van der Waals surface area (Å²) in [5.74, 6) is -1.36. The largest absolute Gasteiger partial charge is 0.471 e. The Morgan fingerprint density at radius 3 is 2.30 bits per heavy atom. The van der Waals surface area contributed by atoms with E-state index in [0.29, 0.717) is 16.3 Å². The lowest BCUT2D eigenvalue weighted by Gasteiger charge is -2.14. The first-order valence-corrected chi connectivity index (χ1v) is 7.04. The van der Waals surface area contributed by atoms with Crippen LogP contribution in [0.15, 0.2) is 36.4 Å². The van der Waals surface area contributed by atoms with E-state index in [9.17, 15) is 18.0 Å². The molecule has 0 saturated heterocycles. The monoisotopic (exact) mass is 363 g/mol. The van der Waals surface area contributed by atoms with E-state index in [2.05, 4.69) is 0 Å². The van der Waals surface area contributed by atoms with Gasteiger partial charge in [-0.05, 0) is 48.9 Å². The smallest absolute Gasteiger partial charge is 0.456 e. The summed E-state index contributed by atoms with van der Waals surface area (Å²) in [7, 11) is 0. The number of benzene rings is 2. The third-order valence-corrected chi connectivity index (χ3v) is 3.37. The molecule has 0 aliphatic rings. The molecule has 23 heavy (non-hydrogen) atoms. The van der Waals surface area contributed by atoms with Crippen molar-refractivity contribution in [3.8, 4) is 11.5 Å². The molecule has 2 aromatic rings. The van der Waals surface area contributed by atoms with Crippen molar-refractivity contribution in [2.75, 3.05) is 5.32 Å². The van der Waals surface area contributed by atoms with Crippen molar-refractivity contribution in [2.24, 2.45) is 0 Å². The van der Waals surface area contributed by atoms with Gasteiger partial charge in [0.1, 0.15) is 11.5 Å². The molecule has 0 spiro atoms. The van der Waals surface area contributed by atoms with Crippen LogP contribution in [0.4, 0.5) is 18.9 Å². The van der Waals surface area contributed by atoms with Gasteiger partial charge in [0.2, 0.25) is 0 Å². The van der Waals surface area contributed by atoms with Gasteiger partial charge in [-0.25, -0.2) is 0 Å². The average molecular weight is 364 g/mol. The van der Waals surface area contributed by atoms with Gasteiger partial charge in [-0.15, -0.1) is 0 Å². The van der Waals surface area contributed by atoms with Crippen LogP contribution in [0.25, 0.3) is 0 Å². The van der Waals surface area contributed by atoms with Crippen LogP contribution < -0.4 is 10.1 Å². The second-order valence-corrected chi connectivity index (χ2v) is 5.45. The Kier molecular flexibility index (Phi) is 5.06. The Labute approximate surface area is 140 Å². The number of carbonyl (C=O) groups excluding carboxylic acids is 1. The number of amides is 1. The van der Waals surface area contributed by atoms with E-state index in [-0.39, 0.29) is 16.5 Å². The van der Waals surface area contributed by atoms with Gasteiger partial charge < -0.3 is 10.1 Å². The summed E-state index contributed by atoms with van der Waals surface area (Å²) in [5, 5.41) is 2.36. The highest BCUT2D eigenvalue weighted by Gasteiger charge is 2.38. The van der Waals surface area contributed by atoms with Crippen molar-refractivity contribution in [1.29, 1.82) is 0 Å². The zero-order chi connectivity index (χ0) is 17.2. The lowest BCUT2D eigenvalue weighted by Crippen LogP contribution is -2.30. The minimum absolute atomic E-state index is 0.0409. The average Bonchev–Trinajstić information content (AvgIpc) is 2.45. The van der Waals surface area contributed by atoms with E-state index in [0.717, 1.165) is 0 Å². The van der Waals surface area contributed by atoms with E-state index in [1.54, 1.807) is 29.6 Å². The molecule has 1 amide bonds. The maximum absolute atomic E-state index is 12.3. The van der Waals surface area contributed by atoms with Crippen molar-refractivity contribution in [2.45, 2.75) is 13.1 Å². The van der Waals surface area contributed by atoms with E-state index >= 15 is 0 Å². The molecule has 0 aliphatic heterocycles. The highest BCUT2D eigenvalue weighted by molar-refractivity contribution is 6.32. The zero-order valence-corrected chi connectivity index (χ0v) is 13.2. The summed E-state index contributed by atoms with van der Waals surface area (Å²) in [5.41, 5.74) is 0.330. The highest BCUT2D eigenvalue weighted by atomic mass is 35.5. The number of hydrogen-bond donors (Lipinski definition) is 1. The summed E-state index contributed by atoms with van der Waals surface area (Å²) in [4.78, 5) is 11.0. The summed E-state index contributed by atoms with van der Waals surface area (Å²) in [6, 6.07) is 9.11. The lowest BCUT2D eigenvalue weighted by atomic mass is 10.2. The number of rotatable bonds is 3. The number of halogens is 5. The maximum atomic E-state index is 12.3. The van der Waals surface area contributed by atoms with Crippen LogP contribution in [0.1, 0.15) is 5.56 Å². The normalized spacial score (nSPS) is 11.2. The first-order valence-electron chi connectivity index (χ1n) is 6.28. The quantitative estimate of drug-likeness (QED) is 0.771. The molecule has 122 valence electrons. The molecular weight excluding hydrogens is 354 g/mol. The van der Waals surface area contributed by atoms with E-state index in [1.165, 1.54) is 19.1 Å². The van der Waals surface area contributed by atoms with Gasteiger partial charge in [0.15, 0.2) is 0 Å². The number of alkyl halides is 3. The minimum Gasteiger partial charge on any atom is -0.456 e. The molecule has 0 aromatic heterocycles. The van der Waals surface area contributed by atoms with Crippen molar-refractivity contribution < 1.29 is 22.7 Å². The Hall–Kier alpha value is -1.92. The van der Waals surface area contributed by atoms with Crippen LogP contribution >= 0.6 is 23.2 Å². The Balaban J connectivity index is 2.23. The summed E-state index contributed by atoms with van der Waals surface area (Å²) in [6.07, 6.45) is -4.97. The standard InChI is InChI=1S/C15H10Cl2F3NO2/c1-8-6-13(23-10-4-2-9(16)3-5-10)11(17)7-12(8)21-14(22)15(18,19)20/h2-7H,1H3,(H,21,22). The summed E-state index contributed by atoms with van der Waals surface area (Å²) >= 11 is 11.8. The fourth-order valence-electron chi connectivity index (χ4n) is 1.69. The third kappa shape index (κ3) is 4.53. The van der Waals surface area contributed by atoms with Gasteiger partial charge in [-0.1, -0.05) is 23.2 Å². The SMILES string of the molecule is Cc1cc(Oc2ccc(Cl)cc2)c(Cl)cc1NC(=O)C(F)(F)F. The molecule has 0 radical (unpaired) electrons. The fourth-order valence-corrected chi connectivity index (χ4v) is 2.02. The summed E-state index contributed by atoms with van der Waals surface area (Å²) < 4.78 is 42.4. The van der Waals surface area contributed by atoms with Gasteiger partial charge >= 0.3 is 12.1 Å². The molecule has 0 aliphatic carbocycles. The first kappa shape index (κ1) is 17.4. The molecule has 0 heterocycles. The molecule has 0 bridgehead atoms. The Morgan fingerprint density at radius 1 is 1.13 bits per heavy atom. The predicted octanol–water partition coefficient (Wildman–Crippen LogP) is 5.59. The lowest BCUT2D eigenvalue weighted by molar-refractivity contribution is -0.167. The number of ether oxygens (including phenoxy) is 1. The predicted molar refractivity (Wildman–Crippen MR) is 82.4 cm³/mol.